The maximum Gasteiger partial charge on any atom is 0.255 e. The molecular formula is C17H15N3O2. The molecule has 0 aliphatic carbocycles. The second-order valence-corrected chi connectivity index (χ2v) is 4.55. The molecule has 2 aromatic carbocycles. The van der Waals surface area contributed by atoms with Crippen molar-refractivity contribution in [2.75, 3.05) is 11.9 Å². The van der Waals surface area contributed by atoms with Gasteiger partial charge in [-0.25, -0.2) is 0 Å². The molecule has 0 fully saturated rings. The average Bonchev–Trinajstić information content (AvgIpc) is 2.55. The summed E-state index contributed by atoms with van der Waals surface area (Å²) in [6.45, 7) is 2.33. The summed E-state index contributed by atoms with van der Waals surface area (Å²) in [7, 11) is 0. The lowest BCUT2D eigenvalue weighted by Crippen LogP contribution is -2.24. The van der Waals surface area contributed by atoms with Crippen molar-refractivity contribution in [2.24, 2.45) is 0 Å². The van der Waals surface area contributed by atoms with E-state index in [1.54, 1.807) is 42.5 Å². The molecule has 0 radical (unpaired) electrons. The molecular weight excluding hydrogens is 278 g/mol. The smallest absolute Gasteiger partial charge is 0.255 e. The van der Waals surface area contributed by atoms with Crippen molar-refractivity contribution in [1.29, 1.82) is 5.26 Å². The number of hydrogen-bond acceptors (Lipinski definition) is 3. The summed E-state index contributed by atoms with van der Waals surface area (Å²) < 4.78 is 0. The molecule has 0 heterocycles. The van der Waals surface area contributed by atoms with Crippen LogP contribution in [-0.4, -0.2) is 18.4 Å². The van der Waals surface area contributed by atoms with E-state index < -0.39 is 0 Å². The summed E-state index contributed by atoms with van der Waals surface area (Å²) in [5, 5.41) is 14.3. The van der Waals surface area contributed by atoms with E-state index in [0.29, 0.717) is 28.9 Å². The SMILES string of the molecule is CCNC(=O)c1ccccc1NC(=O)c1cccc(C#N)c1. The zero-order chi connectivity index (χ0) is 15.9. The Hall–Kier alpha value is -3.13. The number of nitrogens with zero attached hydrogens (tertiary/aromatic N) is 1. The van der Waals surface area contributed by atoms with Gasteiger partial charge in [-0.3, -0.25) is 9.59 Å². The summed E-state index contributed by atoms with van der Waals surface area (Å²) in [4.78, 5) is 24.2. The van der Waals surface area contributed by atoms with Crippen molar-refractivity contribution in [1.82, 2.24) is 5.32 Å². The van der Waals surface area contributed by atoms with Crippen molar-refractivity contribution in [3.8, 4) is 6.07 Å². The predicted octanol–water partition coefficient (Wildman–Crippen LogP) is 2.56. The van der Waals surface area contributed by atoms with E-state index in [1.807, 2.05) is 13.0 Å². The van der Waals surface area contributed by atoms with Gasteiger partial charge in [0.05, 0.1) is 22.9 Å². The number of carbonyl (C=O) groups is 2. The van der Waals surface area contributed by atoms with Crippen LogP contribution in [0.3, 0.4) is 0 Å². The van der Waals surface area contributed by atoms with Crippen LogP contribution in [0, 0.1) is 11.3 Å². The lowest BCUT2D eigenvalue weighted by Gasteiger charge is -2.10. The number of carbonyl (C=O) groups excluding carboxylic acids is 2. The first-order valence-electron chi connectivity index (χ1n) is 6.84. The fourth-order valence-corrected chi connectivity index (χ4v) is 1.97. The number of hydrogen-bond donors (Lipinski definition) is 2. The molecule has 0 saturated carbocycles. The van der Waals surface area contributed by atoms with Crippen LogP contribution < -0.4 is 10.6 Å². The highest BCUT2D eigenvalue weighted by Gasteiger charge is 2.13. The maximum atomic E-state index is 12.3. The van der Waals surface area contributed by atoms with Gasteiger partial charge in [0.25, 0.3) is 11.8 Å². The normalized spacial score (nSPS) is 9.64. The quantitative estimate of drug-likeness (QED) is 0.909. The number of rotatable bonds is 4. The molecule has 5 heteroatoms. The van der Waals surface area contributed by atoms with Gasteiger partial charge in [-0.2, -0.15) is 5.26 Å². The third kappa shape index (κ3) is 3.49. The lowest BCUT2D eigenvalue weighted by molar-refractivity contribution is 0.0956. The first-order chi connectivity index (χ1) is 10.7. The van der Waals surface area contributed by atoms with Gasteiger partial charge in [0.15, 0.2) is 0 Å². The minimum absolute atomic E-state index is 0.246. The third-order valence-electron chi connectivity index (χ3n) is 3.01. The molecule has 2 aromatic rings. The Labute approximate surface area is 128 Å². The summed E-state index contributed by atoms with van der Waals surface area (Å²) in [6.07, 6.45) is 0. The summed E-state index contributed by atoms with van der Waals surface area (Å²) >= 11 is 0. The van der Waals surface area contributed by atoms with Crippen LogP contribution >= 0.6 is 0 Å². The molecule has 2 amide bonds. The van der Waals surface area contributed by atoms with E-state index in [9.17, 15) is 9.59 Å². The first kappa shape index (κ1) is 15.3. The van der Waals surface area contributed by atoms with Gasteiger partial charge in [0.2, 0.25) is 0 Å². The largest absolute Gasteiger partial charge is 0.352 e. The molecule has 0 aliphatic heterocycles. The van der Waals surface area contributed by atoms with Gasteiger partial charge >= 0.3 is 0 Å². The molecule has 0 aliphatic rings. The number of nitriles is 1. The van der Waals surface area contributed by atoms with E-state index in [2.05, 4.69) is 10.6 Å². The maximum absolute atomic E-state index is 12.3. The highest BCUT2D eigenvalue weighted by Crippen LogP contribution is 2.16. The fourth-order valence-electron chi connectivity index (χ4n) is 1.97. The van der Waals surface area contributed by atoms with Crippen LogP contribution in [-0.2, 0) is 0 Å². The Balaban J connectivity index is 2.25. The van der Waals surface area contributed by atoms with Crippen molar-refractivity contribution < 1.29 is 9.59 Å². The second kappa shape index (κ2) is 7.04. The summed E-state index contributed by atoms with van der Waals surface area (Å²) in [5.41, 5.74) is 1.60. The van der Waals surface area contributed by atoms with E-state index in [4.69, 9.17) is 5.26 Å². The monoisotopic (exact) mass is 293 g/mol. The fraction of sp³-hybridized carbons (Fsp3) is 0.118. The van der Waals surface area contributed by atoms with Crippen LogP contribution in [0.25, 0.3) is 0 Å². The molecule has 2 rings (SSSR count). The van der Waals surface area contributed by atoms with Gasteiger partial charge in [0.1, 0.15) is 0 Å². The van der Waals surface area contributed by atoms with Crippen molar-refractivity contribution >= 4 is 17.5 Å². The molecule has 0 saturated heterocycles. The van der Waals surface area contributed by atoms with E-state index in [1.165, 1.54) is 6.07 Å². The van der Waals surface area contributed by atoms with Crippen LogP contribution in [0.1, 0.15) is 33.2 Å². The van der Waals surface area contributed by atoms with Gasteiger partial charge in [-0.05, 0) is 37.3 Å². The Morgan fingerprint density at radius 2 is 1.86 bits per heavy atom. The lowest BCUT2D eigenvalue weighted by atomic mass is 10.1. The molecule has 22 heavy (non-hydrogen) atoms. The van der Waals surface area contributed by atoms with Crippen LogP contribution in [0.5, 0.6) is 0 Å². The van der Waals surface area contributed by atoms with Crippen molar-refractivity contribution in [3.63, 3.8) is 0 Å². The molecule has 0 atom stereocenters. The van der Waals surface area contributed by atoms with E-state index in [-0.39, 0.29) is 11.8 Å². The second-order valence-electron chi connectivity index (χ2n) is 4.55. The zero-order valence-electron chi connectivity index (χ0n) is 12.1. The number of anilines is 1. The van der Waals surface area contributed by atoms with Crippen LogP contribution in [0.2, 0.25) is 0 Å². The van der Waals surface area contributed by atoms with Crippen LogP contribution in [0.15, 0.2) is 48.5 Å². The van der Waals surface area contributed by atoms with Gasteiger partial charge in [0, 0.05) is 12.1 Å². The average molecular weight is 293 g/mol. The van der Waals surface area contributed by atoms with E-state index >= 15 is 0 Å². The molecule has 2 N–H and O–H groups in total. The van der Waals surface area contributed by atoms with Gasteiger partial charge in [-0.15, -0.1) is 0 Å². The number of para-hydroxylation sites is 1. The highest BCUT2D eigenvalue weighted by molar-refractivity contribution is 6.09. The Morgan fingerprint density at radius 1 is 1.09 bits per heavy atom. The standard InChI is InChI=1S/C17H15N3O2/c1-2-19-17(22)14-8-3-4-9-15(14)20-16(21)13-7-5-6-12(10-13)11-18/h3-10H,2H2,1H3,(H,19,22)(H,20,21). The number of nitrogens with one attached hydrogen (secondary N) is 2. The van der Waals surface area contributed by atoms with Gasteiger partial charge < -0.3 is 10.6 Å². The minimum Gasteiger partial charge on any atom is -0.352 e. The molecule has 0 unspecified atom stereocenters. The molecule has 5 nitrogen and oxygen atoms in total. The highest BCUT2D eigenvalue weighted by atomic mass is 16.2. The zero-order valence-corrected chi connectivity index (χ0v) is 12.1. The topological polar surface area (TPSA) is 82.0 Å². The van der Waals surface area contributed by atoms with Crippen molar-refractivity contribution in [2.45, 2.75) is 6.92 Å². The van der Waals surface area contributed by atoms with Crippen molar-refractivity contribution in [3.05, 3.63) is 65.2 Å². The first-order valence-corrected chi connectivity index (χ1v) is 6.84. The molecule has 110 valence electrons. The Bertz CT molecular complexity index is 748. The van der Waals surface area contributed by atoms with E-state index in [0.717, 1.165) is 0 Å². The Morgan fingerprint density at radius 3 is 2.59 bits per heavy atom. The molecule has 0 aromatic heterocycles. The summed E-state index contributed by atoms with van der Waals surface area (Å²) in [5.74, 6) is -0.613. The summed E-state index contributed by atoms with van der Waals surface area (Å²) in [6, 6.07) is 15.2. The predicted molar refractivity (Wildman–Crippen MR) is 83.6 cm³/mol. The Kier molecular flexibility index (Phi) is 4.89. The van der Waals surface area contributed by atoms with Crippen LogP contribution in [0.4, 0.5) is 5.69 Å². The third-order valence-corrected chi connectivity index (χ3v) is 3.01. The minimum atomic E-state index is -0.367. The molecule has 0 spiro atoms. The van der Waals surface area contributed by atoms with Gasteiger partial charge in [-0.1, -0.05) is 18.2 Å². The number of amides is 2. The molecule has 0 bridgehead atoms. The number of benzene rings is 2.